The van der Waals surface area contributed by atoms with Gasteiger partial charge < -0.3 is 10.2 Å². The molecule has 1 N–H and O–H groups in total. The number of nitrogens with one attached hydrogen (secondary N) is 1. The molecular formula is C12H16F3N3. The summed E-state index contributed by atoms with van der Waals surface area (Å²) in [4.78, 5) is 5.97. The highest BCUT2D eigenvalue weighted by Crippen LogP contribution is 2.31. The average molecular weight is 259 g/mol. The number of halogens is 3. The number of pyridine rings is 1. The number of anilines is 1. The van der Waals surface area contributed by atoms with Crippen molar-refractivity contribution in [1.82, 2.24) is 10.3 Å². The first-order valence-electron chi connectivity index (χ1n) is 5.91. The summed E-state index contributed by atoms with van der Waals surface area (Å²) in [5, 5.41) is 3.28. The molecule has 0 aromatic carbocycles. The fourth-order valence-corrected chi connectivity index (χ4v) is 2.09. The van der Waals surface area contributed by atoms with E-state index in [-0.39, 0.29) is 12.1 Å². The molecule has 1 saturated heterocycles. The van der Waals surface area contributed by atoms with Crippen LogP contribution < -0.4 is 10.2 Å². The Morgan fingerprint density at radius 2 is 2.11 bits per heavy atom. The number of piperazine rings is 1. The Hall–Kier alpha value is -1.30. The van der Waals surface area contributed by atoms with Crippen LogP contribution in [0.5, 0.6) is 0 Å². The van der Waals surface area contributed by atoms with Gasteiger partial charge in [0.1, 0.15) is 5.82 Å². The molecular weight excluding hydrogens is 243 g/mol. The van der Waals surface area contributed by atoms with E-state index in [9.17, 15) is 13.2 Å². The van der Waals surface area contributed by atoms with Gasteiger partial charge in [-0.3, -0.25) is 0 Å². The van der Waals surface area contributed by atoms with Gasteiger partial charge >= 0.3 is 6.18 Å². The van der Waals surface area contributed by atoms with Gasteiger partial charge in [0, 0.05) is 31.4 Å². The molecule has 1 fully saturated rings. The van der Waals surface area contributed by atoms with E-state index in [0.717, 1.165) is 18.7 Å². The quantitative estimate of drug-likeness (QED) is 0.838. The third-order valence-corrected chi connectivity index (χ3v) is 3.13. The minimum atomic E-state index is -4.32. The van der Waals surface area contributed by atoms with Crippen molar-refractivity contribution in [2.24, 2.45) is 0 Å². The van der Waals surface area contributed by atoms with Gasteiger partial charge in [0.05, 0.1) is 5.56 Å². The van der Waals surface area contributed by atoms with Gasteiger partial charge in [-0.1, -0.05) is 0 Å². The number of hydrogen-bond acceptors (Lipinski definition) is 3. The third-order valence-electron chi connectivity index (χ3n) is 3.13. The molecule has 0 spiro atoms. The van der Waals surface area contributed by atoms with Crippen LogP contribution in [0.2, 0.25) is 0 Å². The lowest BCUT2D eigenvalue weighted by Gasteiger charge is -2.38. The highest BCUT2D eigenvalue weighted by molar-refractivity contribution is 5.43. The maximum atomic E-state index is 12.7. The molecule has 0 aliphatic carbocycles. The molecule has 2 unspecified atom stereocenters. The molecule has 3 nitrogen and oxygen atoms in total. The number of hydrogen-bond donors (Lipinski definition) is 1. The molecule has 2 rings (SSSR count). The molecule has 2 atom stereocenters. The summed E-state index contributed by atoms with van der Waals surface area (Å²) in [6.45, 7) is 5.39. The van der Waals surface area contributed by atoms with Gasteiger partial charge in [0.25, 0.3) is 0 Å². The second-order valence-electron chi connectivity index (χ2n) is 4.71. The zero-order valence-corrected chi connectivity index (χ0v) is 10.3. The highest BCUT2D eigenvalue weighted by Gasteiger charge is 2.32. The average Bonchev–Trinajstić information content (AvgIpc) is 2.31. The molecule has 1 aliphatic rings. The molecule has 2 heterocycles. The van der Waals surface area contributed by atoms with Gasteiger partial charge in [0.15, 0.2) is 0 Å². The summed E-state index contributed by atoms with van der Waals surface area (Å²) < 4.78 is 38.0. The summed E-state index contributed by atoms with van der Waals surface area (Å²) in [6.07, 6.45) is -3.10. The fourth-order valence-electron chi connectivity index (χ4n) is 2.09. The van der Waals surface area contributed by atoms with Crippen LogP contribution in [-0.2, 0) is 6.18 Å². The van der Waals surface area contributed by atoms with Crippen molar-refractivity contribution < 1.29 is 13.2 Å². The maximum absolute atomic E-state index is 12.7. The van der Waals surface area contributed by atoms with Crippen molar-refractivity contribution >= 4 is 5.82 Å². The lowest BCUT2D eigenvalue weighted by molar-refractivity contribution is -0.137. The minimum absolute atomic E-state index is 0.136. The second-order valence-corrected chi connectivity index (χ2v) is 4.71. The van der Waals surface area contributed by atoms with E-state index in [1.165, 1.54) is 6.20 Å². The van der Waals surface area contributed by atoms with Crippen molar-refractivity contribution in [3.8, 4) is 0 Å². The SMILES string of the molecule is CC1CN(c2cc(C(F)(F)F)ccn2)C(C)CN1. The smallest absolute Gasteiger partial charge is 0.351 e. The van der Waals surface area contributed by atoms with Crippen molar-refractivity contribution in [3.63, 3.8) is 0 Å². The number of aromatic nitrogens is 1. The molecule has 100 valence electrons. The molecule has 0 saturated carbocycles. The predicted octanol–water partition coefficient (Wildman–Crippen LogP) is 2.29. The first-order chi connectivity index (χ1) is 8.38. The van der Waals surface area contributed by atoms with Crippen molar-refractivity contribution in [3.05, 3.63) is 23.9 Å². The van der Waals surface area contributed by atoms with Crippen LogP contribution in [0.3, 0.4) is 0 Å². The molecule has 1 aromatic rings. The van der Waals surface area contributed by atoms with Crippen LogP contribution in [0.1, 0.15) is 19.4 Å². The largest absolute Gasteiger partial charge is 0.416 e. The zero-order valence-electron chi connectivity index (χ0n) is 10.3. The van der Waals surface area contributed by atoms with E-state index in [2.05, 4.69) is 10.3 Å². The number of nitrogens with zero attached hydrogens (tertiary/aromatic N) is 2. The summed E-state index contributed by atoms with van der Waals surface area (Å²) >= 11 is 0. The Balaban J connectivity index is 2.27. The van der Waals surface area contributed by atoms with Gasteiger partial charge in [0.2, 0.25) is 0 Å². The van der Waals surface area contributed by atoms with Gasteiger partial charge in [-0.05, 0) is 26.0 Å². The van der Waals surface area contributed by atoms with Crippen molar-refractivity contribution in [2.75, 3.05) is 18.0 Å². The zero-order chi connectivity index (χ0) is 13.3. The molecule has 0 radical (unpaired) electrons. The standard InChI is InChI=1S/C12H16F3N3/c1-8-7-18(9(2)6-17-8)11-5-10(3-4-16-11)12(13,14)15/h3-5,8-9,17H,6-7H2,1-2H3. The molecule has 0 amide bonds. The molecule has 18 heavy (non-hydrogen) atoms. The lowest BCUT2D eigenvalue weighted by atomic mass is 10.1. The van der Waals surface area contributed by atoms with Crippen molar-refractivity contribution in [1.29, 1.82) is 0 Å². The Morgan fingerprint density at radius 1 is 1.39 bits per heavy atom. The first-order valence-corrected chi connectivity index (χ1v) is 5.91. The molecule has 1 aliphatic heterocycles. The first kappa shape index (κ1) is 13.1. The highest BCUT2D eigenvalue weighted by atomic mass is 19.4. The summed E-state index contributed by atoms with van der Waals surface area (Å²) in [5.41, 5.74) is -0.647. The van der Waals surface area contributed by atoms with E-state index in [1.807, 2.05) is 18.7 Å². The van der Waals surface area contributed by atoms with Crippen LogP contribution in [0.15, 0.2) is 18.3 Å². The third kappa shape index (κ3) is 2.75. The van der Waals surface area contributed by atoms with Crippen LogP contribution >= 0.6 is 0 Å². The van der Waals surface area contributed by atoms with Crippen LogP contribution in [-0.4, -0.2) is 30.2 Å². The number of rotatable bonds is 1. The monoisotopic (exact) mass is 259 g/mol. The Kier molecular flexibility index (Phi) is 3.47. The van der Waals surface area contributed by atoms with Gasteiger partial charge in [-0.15, -0.1) is 0 Å². The van der Waals surface area contributed by atoms with Crippen LogP contribution in [0.4, 0.5) is 19.0 Å². The van der Waals surface area contributed by atoms with E-state index in [1.54, 1.807) is 0 Å². The van der Waals surface area contributed by atoms with Crippen LogP contribution in [0.25, 0.3) is 0 Å². The Morgan fingerprint density at radius 3 is 2.78 bits per heavy atom. The fraction of sp³-hybridized carbons (Fsp3) is 0.583. The van der Waals surface area contributed by atoms with Crippen LogP contribution in [0, 0.1) is 0 Å². The Labute approximate surface area is 104 Å². The molecule has 6 heteroatoms. The van der Waals surface area contributed by atoms with E-state index < -0.39 is 11.7 Å². The maximum Gasteiger partial charge on any atom is 0.416 e. The van der Waals surface area contributed by atoms with E-state index in [0.29, 0.717) is 12.4 Å². The molecule has 0 bridgehead atoms. The van der Waals surface area contributed by atoms with E-state index in [4.69, 9.17) is 0 Å². The Bertz CT molecular complexity index is 419. The van der Waals surface area contributed by atoms with E-state index >= 15 is 0 Å². The van der Waals surface area contributed by atoms with Crippen molar-refractivity contribution in [2.45, 2.75) is 32.1 Å². The van der Waals surface area contributed by atoms with Gasteiger partial charge in [-0.2, -0.15) is 13.2 Å². The normalized spacial score (nSPS) is 25.3. The predicted molar refractivity (Wildman–Crippen MR) is 63.5 cm³/mol. The minimum Gasteiger partial charge on any atom is -0.351 e. The number of alkyl halides is 3. The lowest BCUT2D eigenvalue weighted by Crippen LogP contribution is -2.54. The molecule has 1 aromatic heterocycles. The summed E-state index contributed by atoms with van der Waals surface area (Å²) in [5.74, 6) is 0.394. The summed E-state index contributed by atoms with van der Waals surface area (Å²) in [6, 6.07) is 2.50. The second kappa shape index (κ2) is 4.76. The summed E-state index contributed by atoms with van der Waals surface area (Å²) in [7, 11) is 0. The van der Waals surface area contributed by atoms with Gasteiger partial charge in [-0.25, -0.2) is 4.98 Å². The topological polar surface area (TPSA) is 28.2 Å².